The number of nitrogens with two attached hydrogens (primary N) is 1. The van der Waals surface area contributed by atoms with E-state index in [1.54, 1.807) is 6.92 Å². The van der Waals surface area contributed by atoms with Crippen LogP contribution in [-0.4, -0.2) is 41.4 Å². The van der Waals surface area contributed by atoms with Gasteiger partial charge in [0.15, 0.2) is 6.29 Å². The number of rotatable bonds is 6. The molecule has 0 atom stereocenters. The van der Waals surface area contributed by atoms with Crippen molar-refractivity contribution in [3.8, 4) is 0 Å². The Kier molecular flexibility index (Phi) is 7.58. The lowest BCUT2D eigenvalue weighted by atomic mass is 10.2. The van der Waals surface area contributed by atoms with Crippen molar-refractivity contribution in [2.45, 2.75) is 23.0 Å². The van der Waals surface area contributed by atoms with Gasteiger partial charge in [-0.1, -0.05) is 11.6 Å². The highest BCUT2D eigenvalue weighted by Crippen LogP contribution is 2.26. The summed E-state index contributed by atoms with van der Waals surface area (Å²) in [6.07, 6.45) is -0.624. The van der Waals surface area contributed by atoms with Gasteiger partial charge in [0.1, 0.15) is 4.90 Å². The zero-order valence-electron chi connectivity index (χ0n) is 12.8. The summed E-state index contributed by atoms with van der Waals surface area (Å²) >= 11 is 10.1. The molecule has 0 amide bonds. The van der Waals surface area contributed by atoms with E-state index in [9.17, 15) is 8.42 Å². The average molecular weight is 383 g/mol. The zero-order valence-corrected chi connectivity index (χ0v) is 15.3. The first-order valence-corrected chi connectivity index (χ1v) is 8.64. The third kappa shape index (κ3) is 5.52. The Bertz CT molecular complexity index is 678. The van der Waals surface area contributed by atoms with Gasteiger partial charge in [-0.3, -0.25) is 5.43 Å². The van der Waals surface area contributed by atoms with Crippen LogP contribution >= 0.6 is 24.2 Å². The molecular weight excluding hydrogens is 364 g/mol. The number of thiol groups is 1. The van der Waals surface area contributed by atoms with E-state index in [4.69, 9.17) is 26.9 Å². The van der Waals surface area contributed by atoms with Gasteiger partial charge in [0.05, 0.1) is 6.54 Å². The summed E-state index contributed by atoms with van der Waals surface area (Å²) in [7, 11) is -1.07. The molecule has 0 unspecified atom stereocenters. The van der Waals surface area contributed by atoms with Crippen LogP contribution in [-0.2, 0) is 19.5 Å². The molecule has 11 heteroatoms. The smallest absolute Gasteiger partial charge is 0.265 e. The molecule has 0 aromatic heterocycles. The number of halogens is 1. The molecule has 0 bridgehead atoms. The molecular formula is C12H19ClN4O4S2. The van der Waals surface area contributed by atoms with Crippen LogP contribution in [0.5, 0.6) is 0 Å². The standard InChI is InChI=1S/C12H19ClN4O4S2/c1-7-4-10(9(22)5-8(7)13)23(18,19)17-12(16-14)15-6-11(20-2)21-3/h4-5,11,22H,6,14H2,1-3H3,(H2,15,16,17). The van der Waals surface area contributed by atoms with Gasteiger partial charge in [0.25, 0.3) is 10.0 Å². The van der Waals surface area contributed by atoms with Crippen LogP contribution in [0.15, 0.2) is 26.9 Å². The number of sulfonamides is 1. The number of aryl methyl sites for hydroxylation is 1. The molecule has 1 aromatic carbocycles. The van der Waals surface area contributed by atoms with Crippen LogP contribution in [0, 0.1) is 6.92 Å². The molecule has 0 aliphatic carbocycles. The van der Waals surface area contributed by atoms with Crippen molar-refractivity contribution in [1.82, 2.24) is 10.1 Å². The number of aliphatic imine (C=N–C) groups is 1. The minimum Gasteiger partial charge on any atom is -0.354 e. The largest absolute Gasteiger partial charge is 0.354 e. The first-order chi connectivity index (χ1) is 10.7. The molecule has 0 aliphatic heterocycles. The Hall–Kier alpha value is -1.04. The fourth-order valence-electron chi connectivity index (χ4n) is 1.56. The van der Waals surface area contributed by atoms with Crippen molar-refractivity contribution in [3.63, 3.8) is 0 Å². The van der Waals surface area contributed by atoms with Gasteiger partial charge in [-0.2, -0.15) is 0 Å². The van der Waals surface area contributed by atoms with Crippen LogP contribution in [0.25, 0.3) is 0 Å². The highest BCUT2D eigenvalue weighted by Gasteiger charge is 2.20. The number of nitrogens with one attached hydrogen (secondary N) is 2. The third-order valence-corrected chi connectivity index (χ3v) is 5.13. The number of hydrazine groups is 1. The molecule has 4 N–H and O–H groups in total. The fourth-order valence-corrected chi connectivity index (χ4v) is 3.51. The quantitative estimate of drug-likeness (QED) is 0.143. The lowest BCUT2D eigenvalue weighted by Crippen LogP contribution is -2.45. The molecule has 23 heavy (non-hydrogen) atoms. The second-order valence-corrected chi connectivity index (χ2v) is 6.95. The Morgan fingerprint density at radius 3 is 2.57 bits per heavy atom. The number of benzene rings is 1. The molecule has 1 rings (SSSR count). The fraction of sp³-hybridized carbons (Fsp3) is 0.417. The minimum absolute atomic E-state index is 0.0410. The summed E-state index contributed by atoms with van der Waals surface area (Å²) in [6.45, 7) is 1.73. The molecule has 0 aliphatic rings. The molecule has 130 valence electrons. The molecule has 0 saturated heterocycles. The first kappa shape index (κ1) is 20.0. The van der Waals surface area contributed by atoms with E-state index in [1.165, 1.54) is 26.4 Å². The predicted molar refractivity (Wildman–Crippen MR) is 91.2 cm³/mol. The lowest BCUT2D eigenvalue weighted by Gasteiger charge is -2.14. The second kappa shape index (κ2) is 8.71. The van der Waals surface area contributed by atoms with E-state index < -0.39 is 16.3 Å². The number of hydrogen-bond acceptors (Lipinski definition) is 7. The summed E-state index contributed by atoms with van der Waals surface area (Å²) in [5.74, 6) is 5.13. The van der Waals surface area contributed by atoms with Gasteiger partial charge < -0.3 is 9.47 Å². The molecule has 1 aromatic rings. The number of hydrogen-bond donors (Lipinski definition) is 4. The highest BCUT2D eigenvalue weighted by atomic mass is 35.5. The van der Waals surface area contributed by atoms with Crippen LogP contribution in [0.3, 0.4) is 0 Å². The Morgan fingerprint density at radius 1 is 1.43 bits per heavy atom. The highest BCUT2D eigenvalue weighted by molar-refractivity contribution is 7.91. The predicted octanol–water partition coefficient (Wildman–Crippen LogP) is 0.654. The van der Waals surface area contributed by atoms with E-state index in [2.05, 4.69) is 27.8 Å². The van der Waals surface area contributed by atoms with Gasteiger partial charge >= 0.3 is 0 Å². The van der Waals surface area contributed by atoms with Crippen molar-refractivity contribution < 1.29 is 17.9 Å². The summed E-state index contributed by atoms with van der Waals surface area (Å²) in [5, 5.41) is 0.419. The molecule has 0 heterocycles. The topological polar surface area (TPSA) is 115 Å². The Morgan fingerprint density at radius 2 is 2.04 bits per heavy atom. The van der Waals surface area contributed by atoms with Gasteiger partial charge in [0.2, 0.25) is 5.96 Å². The summed E-state index contributed by atoms with van der Waals surface area (Å²) in [5.41, 5.74) is 2.77. The Balaban J connectivity index is 3.04. The molecule has 0 fully saturated rings. The van der Waals surface area contributed by atoms with Gasteiger partial charge in [0, 0.05) is 24.1 Å². The number of ether oxygens (including phenoxy) is 2. The van der Waals surface area contributed by atoms with Gasteiger partial charge in [-0.15, -0.1) is 12.6 Å². The Labute approximate surface area is 145 Å². The van der Waals surface area contributed by atoms with E-state index in [0.717, 1.165) is 0 Å². The number of guanidine groups is 1. The van der Waals surface area contributed by atoms with Gasteiger partial charge in [-0.05, 0) is 24.6 Å². The third-order valence-electron chi connectivity index (χ3n) is 2.82. The van der Waals surface area contributed by atoms with Crippen molar-refractivity contribution in [2.24, 2.45) is 10.8 Å². The van der Waals surface area contributed by atoms with E-state index in [0.29, 0.717) is 10.6 Å². The van der Waals surface area contributed by atoms with Crippen molar-refractivity contribution >= 4 is 40.2 Å². The first-order valence-electron chi connectivity index (χ1n) is 6.33. The molecule has 0 spiro atoms. The second-order valence-electron chi connectivity index (χ2n) is 4.41. The van der Waals surface area contributed by atoms with Crippen molar-refractivity contribution in [3.05, 3.63) is 22.7 Å². The van der Waals surface area contributed by atoms with E-state index in [1.807, 2.05) is 0 Å². The van der Waals surface area contributed by atoms with E-state index >= 15 is 0 Å². The summed E-state index contributed by atoms with van der Waals surface area (Å²) in [6, 6.07) is 2.86. The molecule has 0 saturated carbocycles. The number of methoxy groups -OCH3 is 2. The van der Waals surface area contributed by atoms with Crippen LogP contribution < -0.4 is 16.0 Å². The lowest BCUT2D eigenvalue weighted by molar-refractivity contribution is -0.0937. The maximum Gasteiger partial charge on any atom is 0.265 e. The zero-order chi connectivity index (χ0) is 17.6. The van der Waals surface area contributed by atoms with Crippen molar-refractivity contribution in [1.29, 1.82) is 0 Å². The summed E-state index contributed by atoms with van der Waals surface area (Å²) in [4.78, 5) is 4.12. The summed E-state index contributed by atoms with van der Waals surface area (Å²) < 4.78 is 37.0. The van der Waals surface area contributed by atoms with Crippen LogP contribution in [0.2, 0.25) is 5.02 Å². The molecule has 8 nitrogen and oxygen atoms in total. The minimum atomic E-state index is -3.94. The van der Waals surface area contributed by atoms with Crippen LogP contribution in [0.1, 0.15) is 5.56 Å². The molecule has 0 radical (unpaired) electrons. The SMILES string of the molecule is COC(CN=C(NN)NS(=O)(=O)c1cc(C)c(Cl)cc1S)OC. The van der Waals surface area contributed by atoms with Crippen LogP contribution in [0.4, 0.5) is 0 Å². The van der Waals surface area contributed by atoms with Crippen molar-refractivity contribution in [2.75, 3.05) is 20.8 Å². The number of nitrogens with zero attached hydrogens (tertiary/aromatic N) is 1. The maximum absolute atomic E-state index is 12.4. The average Bonchev–Trinajstić information content (AvgIpc) is 2.50. The normalized spacial score (nSPS) is 12.6. The van der Waals surface area contributed by atoms with E-state index in [-0.39, 0.29) is 22.3 Å². The van der Waals surface area contributed by atoms with Gasteiger partial charge in [-0.25, -0.2) is 24.0 Å². The monoisotopic (exact) mass is 382 g/mol. The maximum atomic E-state index is 12.4.